The third-order valence-electron chi connectivity index (χ3n) is 2.96. The van der Waals surface area contributed by atoms with Gasteiger partial charge in [0.2, 0.25) is 0 Å². The van der Waals surface area contributed by atoms with Gasteiger partial charge in [-0.15, -0.1) is 0 Å². The minimum Gasteiger partial charge on any atom is -0.478 e. The van der Waals surface area contributed by atoms with Gasteiger partial charge in [-0.3, -0.25) is 14.3 Å². The first-order valence-corrected chi connectivity index (χ1v) is 7.45. The van der Waals surface area contributed by atoms with Gasteiger partial charge in [0, 0.05) is 22.2 Å². The van der Waals surface area contributed by atoms with Crippen LogP contribution >= 0.6 is 0 Å². The predicted octanol–water partition coefficient (Wildman–Crippen LogP) is 2.18. The summed E-state index contributed by atoms with van der Waals surface area (Å²) in [5.41, 5.74) is 5.74. The largest absolute Gasteiger partial charge is 0.478 e. The summed E-state index contributed by atoms with van der Waals surface area (Å²) in [5.74, 6) is -1.34. The summed E-state index contributed by atoms with van der Waals surface area (Å²) in [4.78, 5) is 21.7. The van der Waals surface area contributed by atoms with Gasteiger partial charge < -0.3 is 10.8 Å². The second-order valence-electron chi connectivity index (χ2n) is 4.46. The Hall–Kier alpha value is -2.74. The van der Waals surface area contributed by atoms with Crippen molar-refractivity contribution in [3.05, 3.63) is 63.7 Å². The van der Waals surface area contributed by atoms with E-state index < -0.39 is 21.7 Å². The van der Waals surface area contributed by atoms with Crippen LogP contribution < -0.4 is 5.73 Å². The molecule has 2 rings (SSSR count). The van der Waals surface area contributed by atoms with Crippen molar-refractivity contribution in [1.82, 2.24) is 0 Å². The average Bonchev–Trinajstić information content (AvgIpc) is 2.47. The van der Waals surface area contributed by atoms with Crippen LogP contribution in [-0.4, -0.2) is 20.2 Å². The highest BCUT2D eigenvalue weighted by Crippen LogP contribution is 2.24. The molecule has 8 heteroatoms. The van der Waals surface area contributed by atoms with E-state index in [-0.39, 0.29) is 22.6 Å². The lowest BCUT2D eigenvalue weighted by atomic mass is 10.1. The van der Waals surface area contributed by atoms with Crippen LogP contribution in [0.3, 0.4) is 0 Å². The monoisotopic (exact) mass is 320 g/mol. The number of hydrogen-bond donors (Lipinski definition) is 2. The molecule has 0 spiro atoms. The minimum atomic E-state index is -1.49. The van der Waals surface area contributed by atoms with E-state index in [1.54, 1.807) is 24.3 Å². The molecule has 1 atom stereocenters. The fourth-order valence-electron chi connectivity index (χ4n) is 1.83. The lowest BCUT2D eigenvalue weighted by Crippen LogP contribution is -2.04. The van der Waals surface area contributed by atoms with Gasteiger partial charge in [0.05, 0.1) is 27.0 Å². The number of carboxylic acid groups (broad SMARTS) is 1. The topological polar surface area (TPSA) is 124 Å². The standard InChI is InChI=1S/C14H12N2O5S/c15-11-3-5-12(6-4-11)22(21)8-10-2-1-9(14(17)18)7-13(10)16(19)20/h1-7H,8,15H2,(H,17,18). The Morgan fingerprint density at radius 2 is 1.86 bits per heavy atom. The van der Waals surface area contributed by atoms with E-state index in [0.29, 0.717) is 10.6 Å². The van der Waals surface area contributed by atoms with Gasteiger partial charge in [0.15, 0.2) is 0 Å². The van der Waals surface area contributed by atoms with Crippen molar-refractivity contribution in [2.24, 2.45) is 0 Å². The van der Waals surface area contributed by atoms with Gasteiger partial charge in [0.1, 0.15) is 0 Å². The predicted molar refractivity (Wildman–Crippen MR) is 81.0 cm³/mol. The van der Waals surface area contributed by atoms with E-state index >= 15 is 0 Å². The average molecular weight is 320 g/mol. The van der Waals surface area contributed by atoms with E-state index in [1.165, 1.54) is 12.1 Å². The van der Waals surface area contributed by atoms with Crippen LogP contribution in [-0.2, 0) is 16.6 Å². The second-order valence-corrected chi connectivity index (χ2v) is 5.92. The highest BCUT2D eigenvalue weighted by atomic mass is 32.2. The van der Waals surface area contributed by atoms with Crippen LogP contribution in [0.2, 0.25) is 0 Å². The van der Waals surface area contributed by atoms with Crippen molar-refractivity contribution in [3.8, 4) is 0 Å². The Morgan fingerprint density at radius 1 is 1.23 bits per heavy atom. The van der Waals surface area contributed by atoms with Crippen molar-refractivity contribution in [2.45, 2.75) is 10.6 Å². The SMILES string of the molecule is Nc1ccc(S(=O)Cc2ccc(C(=O)O)cc2[N+](=O)[O-])cc1. The smallest absolute Gasteiger partial charge is 0.335 e. The molecule has 0 saturated carbocycles. The molecular weight excluding hydrogens is 308 g/mol. The molecule has 0 aliphatic rings. The molecule has 0 heterocycles. The summed E-state index contributed by atoms with van der Waals surface area (Å²) in [7, 11) is -1.49. The zero-order valence-corrected chi connectivity index (χ0v) is 12.1. The number of nitrogens with zero attached hydrogens (tertiary/aromatic N) is 1. The number of nitro groups is 1. The quantitative estimate of drug-likeness (QED) is 0.494. The van der Waals surface area contributed by atoms with E-state index in [2.05, 4.69) is 0 Å². The summed E-state index contributed by atoms with van der Waals surface area (Å²) >= 11 is 0. The molecule has 0 aliphatic carbocycles. The number of nitro benzene ring substituents is 1. The number of benzene rings is 2. The maximum absolute atomic E-state index is 12.3. The Kier molecular flexibility index (Phi) is 4.52. The number of aromatic carboxylic acids is 1. The summed E-state index contributed by atoms with van der Waals surface area (Å²) in [5, 5.41) is 19.9. The summed E-state index contributed by atoms with van der Waals surface area (Å²) in [6.07, 6.45) is 0. The first-order chi connectivity index (χ1) is 10.4. The normalized spacial score (nSPS) is 11.8. The number of hydrogen-bond acceptors (Lipinski definition) is 5. The van der Waals surface area contributed by atoms with Crippen LogP contribution in [0.4, 0.5) is 11.4 Å². The van der Waals surface area contributed by atoms with Crippen LogP contribution in [0.15, 0.2) is 47.4 Å². The fourth-order valence-corrected chi connectivity index (χ4v) is 2.97. The molecule has 0 aromatic heterocycles. The Bertz CT molecular complexity index is 758. The number of carboxylic acids is 1. The Morgan fingerprint density at radius 3 is 2.41 bits per heavy atom. The number of anilines is 1. The molecule has 0 bridgehead atoms. The van der Waals surface area contributed by atoms with Gasteiger partial charge >= 0.3 is 5.97 Å². The molecule has 7 nitrogen and oxygen atoms in total. The third kappa shape index (κ3) is 3.47. The molecule has 22 heavy (non-hydrogen) atoms. The molecular formula is C14H12N2O5S. The molecule has 0 fully saturated rings. The van der Waals surface area contributed by atoms with Gasteiger partial charge in [-0.25, -0.2) is 4.79 Å². The number of nitrogens with two attached hydrogens (primary N) is 1. The molecule has 0 amide bonds. The zero-order chi connectivity index (χ0) is 16.3. The van der Waals surface area contributed by atoms with E-state index in [1.807, 2.05) is 0 Å². The molecule has 0 aliphatic heterocycles. The number of nitrogen functional groups attached to an aromatic ring is 1. The van der Waals surface area contributed by atoms with Crippen molar-refractivity contribution in [2.75, 3.05) is 5.73 Å². The molecule has 0 saturated heterocycles. The maximum Gasteiger partial charge on any atom is 0.335 e. The van der Waals surface area contributed by atoms with Crippen LogP contribution in [0.25, 0.3) is 0 Å². The minimum absolute atomic E-state index is 0.0832. The molecule has 3 N–H and O–H groups in total. The molecule has 0 radical (unpaired) electrons. The first-order valence-electron chi connectivity index (χ1n) is 6.13. The van der Waals surface area contributed by atoms with Gasteiger partial charge in [-0.1, -0.05) is 6.07 Å². The molecule has 1 unspecified atom stereocenters. The third-order valence-corrected chi connectivity index (χ3v) is 4.33. The Labute approximate surface area is 128 Å². The van der Waals surface area contributed by atoms with Crippen LogP contribution in [0, 0.1) is 10.1 Å². The molecule has 2 aromatic rings. The van der Waals surface area contributed by atoms with Crippen LogP contribution in [0.1, 0.15) is 15.9 Å². The van der Waals surface area contributed by atoms with Crippen molar-refractivity contribution < 1.29 is 19.0 Å². The second kappa shape index (κ2) is 6.35. The van der Waals surface area contributed by atoms with Gasteiger partial charge in [-0.2, -0.15) is 0 Å². The lowest BCUT2D eigenvalue weighted by Gasteiger charge is -2.05. The lowest BCUT2D eigenvalue weighted by molar-refractivity contribution is -0.385. The number of carbonyl (C=O) groups is 1. The summed E-state index contributed by atoms with van der Waals surface area (Å²) < 4.78 is 12.3. The van der Waals surface area contributed by atoms with E-state index in [4.69, 9.17) is 10.8 Å². The van der Waals surface area contributed by atoms with Crippen molar-refractivity contribution in [1.29, 1.82) is 0 Å². The Balaban J connectivity index is 2.32. The van der Waals surface area contributed by atoms with E-state index in [0.717, 1.165) is 6.07 Å². The highest BCUT2D eigenvalue weighted by Gasteiger charge is 2.19. The molecule has 114 valence electrons. The maximum atomic E-state index is 12.3. The van der Waals surface area contributed by atoms with Crippen molar-refractivity contribution >= 4 is 28.1 Å². The number of rotatable bonds is 5. The highest BCUT2D eigenvalue weighted by molar-refractivity contribution is 7.84. The first kappa shape index (κ1) is 15.6. The zero-order valence-electron chi connectivity index (χ0n) is 11.3. The van der Waals surface area contributed by atoms with Gasteiger partial charge in [0.25, 0.3) is 5.69 Å². The fraction of sp³-hybridized carbons (Fsp3) is 0.0714. The van der Waals surface area contributed by atoms with Crippen LogP contribution in [0.5, 0.6) is 0 Å². The molecule has 2 aromatic carbocycles. The summed E-state index contributed by atoms with van der Waals surface area (Å²) in [6, 6.07) is 9.90. The van der Waals surface area contributed by atoms with Gasteiger partial charge in [-0.05, 0) is 30.3 Å². The van der Waals surface area contributed by atoms with Crippen molar-refractivity contribution in [3.63, 3.8) is 0 Å². The summed E-state index contributed by atoms with van der Waals surface area (Å²) in [6.45, 7) is 0. The van der Waals surface area contributed by atoms with E-state index in [9.17, 15) is 19.1 Å².